The fraction of sp³-hybridized carbons (Fsp3) is 0.389. The Bertz CT molecular complexity index is 1010. The highest BCUT2D eigenvalue weighted by molar-refractivity contribution is 7.89. The van der Waals surface area contributed by atoms with Gasteiger partial charge in [0.25, 0.3) is 0 Å². The molecule has 1 heterocycles. The smallest absolute Gasteiger partial charge is 0.370 e. The Morgan fingerprint density at radius 2 is 1.69 bits per heavy atom. The van der Waals surface area contributed by atoms with Crippen molar-refractivity contribution < 1.29 is 53.1 Å². The number of carbonyl (C=O) groups is 3. The molecule has 0 radical (unpaired) electrons. The highest BCUT2D eigenvalue weighted by Crippen LogP contribution is 2.24. The highest BCUT2D eigenvalue weighted by atomic mass is 32.2. The summed E-state index contributed by atoms with van der Waals surface area (Å²) in [6.45, 7) is 0.158. The van der Waals surface area contributed by atoms with Crippen molar-refractivity contribution in [3.8, 4) is 0 Å². The molecule has 14 heteroatoms. The van der Waals surface area contributed by atoms with Gasteiger partial charge < -0.3 is 35.6 Å². The fourth-order valence-electron chi connectivity index (χ4n) is 3.00. The van der Waals surface area contributed by atoms with Crippen molar-refractivity contribution in [3.63, 3.8) is 0 Å². The summed E-state index contributed by atoms with van der Waals surface area (Å²) in [5.41, 5.74) is -0.166. The molecule has 0 aliphatic carbocycles. The number of nitrogens with one attached hydrogen (secondary N) is 2. The van der Waals surface area contributed by atoms with E-state index in [2.05, 4.69) is 10.0 Å². The van der Waals surface area contributed by atoms with Crippen LogP contribution in [0.15, 0.2) is 41.0 Å². The van der Waals surface area contributed by atoms with Gasteiger partial charge in [-0.1, -0.05) is 0 Å². The van der Waals surface area contributed by atoms with E-state index in [1.165, 1.54) is 0 Å². The predicted octanol–water partition coefficient (Wildman–Crippen LogP) is -2.38. The first-order valence-electron chi connectivity index (χ1n) is 9.09. The van der Waals surface area contributed by atoms with Gasteiger partial charge in [-0.3, -0.25) is 4.79 Å². The third-order valence-corrected chi connectivity index (χ3v) is 6.01. The lowest BCUT2D eigenvalue weighted by Gasteiger charge is -2.39. The number of benzene rings is 1. The standard InChI is InChI=1S/C18H22N2O11S/c1-8(22)19-14-11(6-13(18(27)28)31-16(14)15(24)12(23)7-21)20-32(29,30)10-4-2-9(3-5-10)17(25)26/h2-6,11-12,14-16,20-21,23-24H,7H2,1H3,(H,19,22)(H,25,26)(H,27,28)/t11-,12?,14+,15+,16+/m0/s1. The number of carbonyl (C=O) groups excluding carboxylic acids is 1. The summed E-state index contributed by atoms with van der Waals surface area (Å²) < 4.78 is 33.0. The number of aliphatic hydroxyl groups is 3. The fourth-order valence-corrected chi connectivity index (χ4v) is 4.20. The predicted molar refractivity (Wildman–Crippen MR) is 105 cm³/mol. The van der Waals surface area contributed by atoms with Gasteiger partial charge in [0.15, 0.2) is 0 Å². The second-order valence-corrected chi connectivity index (χ2v) is 8.58. The van der Waals surface area contributed by atoms with E-state index >= 15 is 0 Å². The molecule has 2 rings (SSSR count). The molecule has 0 spiro atoms. The first-order chi connectivity index (χ1) is 14.9. The average molecular weight is 474 g/mol. The van der Waals surface area contributed by atoms with Crippen LogP contribution in [0, 0.1) is 0 Å². The second-order valence-electron chi connectivity index (χ2n) is 6.86. The maximum absolute atomic E-state index is 12.8. The van der Waals surface area contributed by atoms with Gasteiger partial charge in [-0.2, -0.15) is 0 Å². The summed E-state index contributed by atoms with van der Waals surface area (Å²) in [4.78, 5) is 33.8. The molecule has 5 atom stereocenters. The van der Waals surface area contributed by atoms with E-state index in [1.54, 1.807) is 0 Å². The van der Waals surface area contributed by atoms with Gasteiger partial charge in [-0.25, -0.2) is 22.7 Å². The van der Waals surface area contributed by atoms with Gasteiger partial charge in [0.05, 0.1) is 29.1 Å². The minimum atomic E-state index is -4.38. The molecule has 0 aromatic heterocycles. The molecule has 176 valence electrons. The van der Waals surface area contributed by atoms with E-state index in [-0.39, 0.29) is 10.5 Å². The zero-order valence-corrected chi connectivity index (χ0v) is 17.4. The molecule has 0 fully saturated rings. The molecule has 32 heavy (non-hydrogen) atoms. The topological polar surface area (TPSA) is 220 Å². The zero-order chi connectivity index (χ0) is 24.2. The van der Waals surface area contributed by atoms with Crippen LogP contribution in [0.4, 0.5) is 0 Å². The van der Waals surface area contributed by atoms with Gasteiger partial charge in [0, 0.05) is 6.92 Å². The van der Waals surface area contributed by atoms with Gasteiger partial charge in [-0.15, -0.1) is 0 Å². The van der Waals surface area contributed by atoms with Crippen molar-refractivity contribution in [2.75, 3.05) is 6.61 Å². The molecule has 0 saturated carbocycles. The van der Waals surface area contributed by atoms with Crippen molar-refractivity contribution in [1.29, 1.82) is 0 Å². The van der Waals surface area contributed by atoms with Gasteiger partial charge in [0.2, 0.25) is 21.7 Å². The molecule has 1 aromatic rings. The Morgan fingerprint density at radius 3 is 2.16 bits per heavy atom. The van der Waals surface area contributed by atoms with Gasteiger partial charge in [0.1, 0.15) is 18.3 Å². The molecular formula is C18H22N2O11S. The summed E-state index contributed by atoms with van der Waals surface area (Å²) in [6.07, 6.45) is -4.48. The molecule has 1 amide bonds. The summed E-state index contributed by atoms with van der Waals surface area (Å²) in [5.74, 6) is -4.34. The van der Waals surface area contributed by atoms with Crippen molar-refractivity contribution >= 4 is 27.9 Å². The number of hydrogen-bond donors (Lipinski definition) is 7. The van der Waals surface area contributed by atoms with Crippen LogP contribution in [0.3, 0.4) is 0 Å². The molecule has 0 saturated heterocycles. The quantitative estimate of drug-likeness (QED) is 0.200. The number of carboxylic acids is 2. The third-order valence-electron chi connectivity index (χ3n) is 4.54. The minimum Gasteiger partial charge on any atom is -0.478 e. The highest BCUT2D eigenvalue weighted by Gasteiger charge is 2.44. The van der Waals surface area contributed by atoms with E-state index in [0.717, 1.165) is 37.3 Å². The van der Waals surface area contributed by atoms with E-state index in [0.29, 0.717) is 0 Å². The summed E-state index contributed by atoms with van der Waals surface area (Å²) in [7, 11) is -4.38. The third kappa shape index (κ3) is 5.80. The number of amides is 1. The van der Waals surface area contributed by atoms with E-state index in [9.17, 15) is 38.1 Å². The molecule has 1 aliphatic heterocycles. The number of carboxylic acid groups (broad SMARTS) is 2. The Balaban J connectivity index is 2.47. The van der Waals surface area contributed by atoms with Crippen molar-refractivity contribution in [2.45, 2.75) is 42.2 Å². The lowest BCUT2D eigenvalue weighted by molar-refractivity contribution is -0.146. The SMILES string of the molecule is CC(=O)N[C@H]1[C@H]([C@H](O)C(O)CO)OC(C(=O)O)=C[C@@H]1NS(=O)(=O)c1ccc(C(=O)O)cc1. The lowest BCUT2D eigenvalue weighted by atomic mass is 9.92. The number of aromatic carboxylic acids is 1. The summed E-state index contributed by atoms with van der Waals surface area (Å²) in [5, 5.41) is 49.8. The molecule has 7 N–H and O–H groups in total. The number of rotatable bonds is 9. The molecule has 1 unspecified atom stereocenters. The monoisotopic (exact) mass is 474 g/mol. The van der Waals surface area contributed by atoms with Gasteiger partial charge in [-0.05, 0) is 30.3 Å². The molecule has 1 aliphatic rings. The largest absolute Gasteiger partial charge is 0.478 e. The summed E-state index contributed by atoms with van der Waals surface area (Å²) in [6, 6.07) is 1.28. The molecule has 1 aromatic carbocycles. The average Bonchev–Trinajstić information content (AvgIpc) is 2.73. The van der Waals surface area contributed by atoms with Gasteiger partial charge >= 0.3 is 11.9 Å². The number of aliphatic carboxylic acids is 1. The molecular weight excluding hydrogens is 452 g/mol. The normalized spacial score (nSPS) is 22.8. The first kappa shape index (κ1) is 25.2. The molecule has 13 nitrogen and oxygen atoms in total. The number of ether oxygens (including phenoxy) is 1. The maximum atomic E-state index is 12.8. The Hall–Kier alpha value is -3.04. The Morgan fingerprint density at radius 1 is 1.09 bits per heavy atom. The zero-order valence-electron chi connectivity index (χ0n) is 16.6. The summed E-state index contributed by atoms with van der Waals surface area (Å²) >= 11 is 0. The molecule has 0 bridgehead atoms. The Labute approximate surface area is 182 Å². The van der Waals surface area contributed by atoms with Crippen LogP contribution in [0.2, 0.25) is 0 Å². The van der Waals surface area contributed by atoms with Crippen molar-refractivity contribution in [1.82, 2.24) is 10.0 Å². The number of sulfonamides is 1. The van der Waals surface area contributed by atoms with E-state index in [1.807, 2.05) is 0 Å². The second kappa shape index (κ2) is 10.1. The van der Waals surface area contributed by atoms with Crippen molar-refractivity contribution in [3.05, 3.63) is 41.7 Å². The van der Waals surface area contributed by atoms with Crippen LogP contribution in [0.1, 0.15) is 17.3 Å². The van der Waals surface area contributed by atoms with E-state index < -0.39 is 70.6 Å². The van der Waals surface area contributed by atoms with Crippen LogP contribution in [-0.2, 0) is 24.3 Å². The lowest BCUT2D eigenvalue weighted by Crippen LogP contribution is -2.63. The van der Waals surface area contributed by atoms with Crippen molar-refractivity contribution in [2.24, 2.45) is 0 Å². The Kier molecular flexibility index (Phi) is 7.92. The van der Waals surface area contributed by atoms with E-state index in [4.69, 9.17) is 14.9 Å². The van der Waals surface area contributed by atoms with Crippen LogP contribution in [0.25, 0.3) is 0 Å². The minimum absolute atomic E-state index is 0.166. The van der Waals surface area contributed by atoms with Crippen LogP contribution < -0.4 is 10.0 Å². The number of aliphatic hydroxyl groups excluding tert-OH is 3. The first-order valence-corrected chi connectivity index (χ1v) is 10.6. The van der Waals surface area contributed by atoms with Crippen LogP contribution >= 0.6 is 0 Å². The van der Waals surface area contributed by atoms with Crippen LogP contribution in [0.5, 0.6) is 0 Å². The number of hydrogen-bond acceptors (Lipinski definition) is 9. The van der Waals surface area contributed by atoms with Crippen LogP contribution in [-0.4, -0.2) is 88.8 Å². The maximum Gasteiger partial charge on any atom is 0.370 e.